The van der Waals surface area contributed by atoms with E-state index < -0.39 is 0 Å². The molecule has 0 radical (unpaired) electrons. The molecule has 2 atom stereocenters. The SMILES string of the molecule is CC(CC(=O)C1CCCN1C)N=O. The number of nitroso groups, excluding NO2 is 1. The zero-order chi connectivity index (χ0) is 9.84. The molecule has 74 valence electrons. The molecule has 4 heteroatoms. The fraction of sp³-hybridized carbons (Fsp3) is 0.889. The largest absolute Gasteiger partial charge is 0.298 e. The molecule has 2 unspecified atom stereocenters. The molecule has 0 aromatic carbocycles. The van der Waals surface area contributed by atoms with E-state index in [4.69, 9.17) is 0 Å². The first-order valence-electron chi connectivity index (χ1n) is 4.70. The molecule has 13 heavy (non-hydrogen) atoms. The molecule has 0 aromatic rings. The summed E-state index contributed by atoms with van der Waals surface area (Å²) in [6.45, 7) is 2.67. The molecule has 0 amide bonds. The second-order valence-corrected chi connectivity index (χ2v) is 3.76. The van der Waals surface area contributed by atoms with Crippen LogP contribution in [0, 0.1) is 4.91 Å². The second kappa shape index (κ2) is 4.46. The smallest absolute Gasteiger partial charge is 0.152 e. The standard InChI is InChI=1S/C9H16N2O2/c1-7(10-13)6-9(12)8-4-3-5-11(8)2/h7-8H,3-6H2,1-2H3. The number of carbonyl (C=O) groups is 1. The Hall–Kier alpha value is -0.770. The lowest BCUT2D eigenvalue weighted by molar-refractivity contribution is -0.123. The van der Waals surface area contributed by atoms with Crippen LogP contribution in [0.2, 0.25) is 0 Å². The van der Waals surface area contributed by atoms with Crippen molar-refractivity contribution in [1.82, 2.24) is 4.90 Å². The van der Waals surface area contributed by atoms with E-state index in [0.717, 1.165) is 19.4 Å². The number of carbonyl (C=O) groups excluding carboxylic acids is 1. The monoisotopic (exact) mass is 184 g/mol. The summed E-state index contributed by atoms with van der Waals surface area (Å²) < 4.78 is 0. The van der Waals surface area contributed by atoms with Gasteiger partial charge in [-0.15, -0.1) is 0 Å². The van der Waals surface area contributed by atoms with Crippen LogP contribution in [-0.4, -0.2) is 36.4 Å². The van der Waals surface area contributed by atoms with E-state index in [-0.39, 0.29) is 17.9 Å². The van der Waals surface area contributed by atoms with Gasteiger partial charge in [-0.2, -0.15) is 4.91 Å². The van der Waals surface area contributed by atoms with Crippen molar-refractivity contribution in [2.24, 2.45) is 5.18 Å². The van der Waals surface area contributed by atoms with Gasteiger partial charge in [0, 0.05) is 6.42 Å². The summed E-state index contributed by atoms with van der Waals surface area (Å²) in [5.74, 6) is 0.159. The van der Waals surface area contributed by atoms with E-state index in [9.17, 15) is 9.70 Å². The summed E-state index contributed by atoms with van der Waals surface area (Å²) >= 11 is 0. The molecule has 0 bridgehead atoms. The van der Waals surface area contributed by atoms with Gasteiger partial charge in [-0.3, -0.25) is 9.69 Å². The highest BCUT2D eigenvalue weighted by molar-refractivity contribution is 5.84. The van der Waals surface area contributed by atoms with Gasteiger partial charge in [0.2, 0.25) is 0 Å². The summed E-state index contributed by atoms with van der Waals surface area (Å²) in [6.07, 6.45) is 2.30. The molecule has 0 aliphatic carbocycles. The maximum atomic E-state index is 11.6. The lowest BCUT2D eigenvalue weighted by atomic mass is 10.0. The molecule has 1 aliphatic rings. The third-order valence-corrected chi connectivity index (χ3v) is 2.57. The maximum absolute atomic E-state index is 11.6. The van der Waals surface area contributed by atoms with Crippen molar-refractivity contribution < 1.29 is 4.79 Å². The quantitative estimate of drug-likeness (QED) is 0.617. The number of likely N-dealkylation sites (N-methyl/N-ethyl adjacent to an activating group) is 1. The predicted molar refractivity (Wildman–Crippen MR) is 50.5 cm³/mol. The van der Waals surface area contributed by atoms with Gasteiger partial charge < -0.3 is 0 Å². The number of ketones is 1. The number of likely N-dealkylation sites (tertiary alicyclic amines) is 1. The lowest BCUT2D eigenvalue weighted by Gasteiger charge is -2.18. The predicted octanol–water partition coefficient (Wildman–Crippen LogP) is 1.19. The Kier molecular flexibility index (Phi) is 3.54. The Morgan fingerprint density at radius 3 is 2.85 bits per heavy atom. The van der Waals surface area contributed by atoms with Crippen molar-refractivity contribution in [3.05, 3.63) is 4.91 Å². The maximum Gasteiger partial charge on any atom is 0.152 e. The first kappa shape index (κ1) is 10.3. The highest BCUT2D eigenvalue weighted by Gasteiger charge is 2.28. The van der Waals surface area contributed by atoms with E-state index in [2.05, 4.69) is 10.1 Å². The van der Waals surface area contributed by atoms with Crippen LogP contribution >= 0.6 is 0 Å². The van der Waals surface area contributed by atoms with E-state index in [1.165, 1.54) is 0 Å². The lowest BCUT2D eigenvalue weighted by Crippen LogP contribution is -2.34. The molecule has 0 N–H and O–H groups in total. The van der Waals surface area contributed by atoms with Crippen LogP contribution < -0.4 is 0 Å². The number of hydrogen-bond acceptors (Lipinski definition) is 4. The highest BCUT2D eigenvalue weighted by atomic mass is 16.3. The Labute approximate surface area is 78.3 Å². The number of hydrogen-bond donors (Lipinski definition) is 0. The van der Waals surface area contributed by atoms with Gasteiger partial charge in [-0.25, -0.2) is 0 Å². The van der Waals surface area contributed by atoms with Gasteiger partial charge in [0.15, 0.2) is 5.78 Å². The summed E-state index contributed by atoms with van der Waals surface area (Å²) in [6, 6.07) is -0.342. The molecule has 1 rings (SSSR count). The summed E-state index contributed by atoms with van der Waals surface area (Å²) in [4.78, 5) is 23.8. The van der Waals surface area contributed by atoms with Crippen molar-refractivity contribution in [3.63, 3.8) is 0 Å². The van der Waals surface area contributed by atoms with Crippen molar-refractivity contribution in [1.29, 1.82) is 0 Å². The Bertz CT molecular complexity index is 206. The van der Waals surface area contributed by atoms with Gasteiger partial charge >= 0.3 is 0 Å². The molecular weight excluding hydrogens is 168 g/mol. The topological polar surface area (TPSA) is 49.7 Å². The number of rotatable bonds is 4. The molecule has 1 aliphatic heterocycles. The molecular formula is C9H16N2O2. The molecule has 0 saturated carbocycles. The van der Waals surface area contributed by atoms with Crippen LogP contribution in [0.5, 0.6) is 0 Å². The fourth-order valence-corrected chi connectivity index (χ4v) is 1.78. The minimum atomic E-state index is -0.374. The average Bonchev–Trinajstić information content (AvgIpc) is 2.51. The van der Waals surface area contributed by atoms with Crippen molar-refractivity contribution in [2.45, 2.75) is 38.3 Å². The first-order chi connectivity index (χ1) is 6.15. The van der Waals surface area contributed by atoms with E-state index in [1.54, 1.807) is 6.92 Å². The summed E-state index contributed by atoms with van der Waals surface area (Å²) in [7, 11) is 1.95. The van der Waals surface area contributed by atoms with Crippen molar-refractivity contribution >= 4 is 5.78 Å². The molecule has 1 fully saturated rings. The van der Waals surface area contributed by atoms with Crippen molar-refractivity contribution in [3.8, 4) is 0 Å². The second-order valence-electron chi connectivity index (χ2n) is 3.76. The molecule has 1 saturated heterocycles. The molecule has 4 nitrogen and oxygen atoms in total. The van der Waals surface area contributed by atoms with Gasteiger partial charge in [-0.05, 0) is 33.4 Å². The number of Topliss-reactive ketones (excluding diaryl/α,β-unsaturated/α-hetero) is 1. The first-order valence-corrected chi connectivity index (χ1v) is 4.70. The van der Waals surface area contributed by atoms with Gasteiger partial charge in [0.1, 0.15) is 0 Å². The number of nitrogens with zero attached hydrogens (tertiary/aromatic N) is 2. The highest BCUT2D eigenvalue weighted by Crippen LogP contribution is 2.17. The van der Waals surface area contributed by atoms with Gasteiger partial charge in [-0.1, -0.05) is 5.18 Å². The Morgan fingerprint density at radius 2 is 2.38 bits per heavy atom. The zero-order valence-electron chi connectivity index (χ0n) is 8.19. The van der Waals surface area contributed by atoms with E-state index >= 15 is 0 Å². The van der Waals surface area contributed by atoms with Gasteiger partial charge in [0.25, 0.3) is 0 Å². The average molecular weight is 184 g/mol. The Balaban J connectivity index is 2.42. The zero-order valence-corrected chi connectivity index (χ0v) is 8.19. The van der Waals surface area contributed by atoms with Crippen LogP contribution in [0.3, 0.4) is 0 Å². The van der Waals surface area contributed by atoms with Crippen molar-refractivity contribution in [2.75, 3.05) is 13.6 Å². The Morgan fingerprint density at radius 1 is 1.69 bits per heavy atom. The van der Waals surface area contributed by atoms with Crippen LogP contribution in [0.25, 0.3) is 0 Å². The van der Waals surface area contributed by atoms with Crippen LogP contribution in [-0.2, 0) is 4.79 Å². The third-order valence-electron chi connectivity index (χ3n) is 2.57. The van der Waals surface area contributed by atoms with Crippen LogP contribution in [0.15, 0.2) is 5.18 Å². The van der Waals surface area contributed by atoms with E-state index in [1.807, 2.05) is 7.05 Å². The molecule has 0 spiro atoms. The van der Waals surface area contributed by atoms with Crippen LogP contribution in [0.4, 0.5) is 0 Å². The third kappa shape index (κ3) is 2.59. The minimum absolute atomic E-state index is 0.0317. The molecule has 0 aromatic heterocycles. The minimum Gasteiger partial charge on any atom is -0.298 e. The summed E-state index contributed by atoms with van der Waals surface area (Å²) in [5, 5.41) is 2.84. The molecule has 1 heterocycles. The normalized spacial score (nSPS) is 25.8. The van der Waals surface area contributed by atoms with E-state index in [0.29, 0.717) is 6.42 Å². The van der Waals surface area contributed by atoms with Gasteiger partial charge in [0.05, 0.1) is 12.1 Å². The summed E-state index contributed by atoms with van der Waals surface area (Å²) in [5.41, 5.74) is 0. The van der Waals surface area contributed by atoms with Crippen LogP contribution in [0.1, 0.15) is 26.2 Å². The fourth-order valence-electron chi connectivity index (χ4n) is 1.78.